The number of rotatable bonds is 5. The monoisotopic (exact) mass is 336 g/mol. The minimum absolute atomic E-state index is 0.165. The van der Waals surface area contributed by atoms with Gasteiger partial charge in [0.25, 0.3) is 0 Å². The van der Waals surface area contributed by atoms with Crippen LogP contribution in [0.4, 0.5) is 5.69 Å². The number of benzene rings is 1. The number of aromatic nitrogens is 1. The van der Waals surface area contributed by atoms with Gasteiger partial charge in [0.15, 0.2) is 0 Å². The smallest absolute Gasteiger partial charge is 0.219 e. The Bertz CT molecular complexity index is 686. The minimum Gasteiger partial charge on any atom is -0.367 e. The number of aryl methyl sites for hydroxylation is 2. The van der Waals surface area contributed by atoms with Gasteiger partial charge >= 0.3 is 0 Å². The molecule has 2 aromatic rings. The predicted molar refractivity (Wildman–Crippen MR) is 102 cm³/mol. The highest BCUT2D eigenvalue weighted by molar-refractivity contribution is 5.73. The van der Waals surface area contributed by atoms with E-state index in [4.69, 9.17) is 0 Å². The quantitative estimate of drug-likeness (QED) is 0.842. The highest BCUT2D eigenvalue weighted by Gasteiger charge is 2.18. The molecule has 0 atom stereocenters. The first-order valence-electron chi connectivity index (χ1n) is 8.99. The van der Waals surface area contributed by atoms with Gasteiger partial charge in [-0.15, -0.1) is 0 Å². The second-order valence-electron chi connectivity index (χ2n) is 6.53. The van der Waals surface area contributed by atoms with E-state index in [1.807, 2.05) is 11.1 Å². The molecule has 1 aliphatic heterocycles. The number of carbonyl (C=O) groups excluding carboxylic acids is 1. The third-order valence-corrected chi connectivity index (χ3v) is 4.88. The molecule has 0 N–H and O–H groups in total. The van der Waals surface area contributed by atoms with Crippen molar-refractivity contribution in [1.29, 1.82) is 0 Å². The van der Waals surface area contributed by atoms with Crippen molar-refractivity contribution in [3.05, 3.63) is 65.8 Å². The molecule has 0 spiro atoms. The van der Waals surface area contributed by atoms with Gasteiger partial charge in [-0.1, -0.05) is 31.2 Å². The van der Waals surface area contributed by atoms with Crippen LogP contribution in [0.1, 0.15) is 30.7 Å². The van der Waals surface area contributed by atoms with Gasteiger partial charge in [0.1, 0.15) is 0 Å². The van der Waals surface area contributed by atoms with Gasteiger partial charge in [-0.3, -0.25) is 9.78 Å². The average Bonchev–Trinajstić information content (AvgIpc) is 2.67. The largest absolute Gasteiger partial charge is 0.367 e. The molecule has 1 amide bonds. The van der Waals surface area contributed by atoms with E-state index in [1.54, 1.807) is 6.92 Å². The molecule has 0 aliphatic carbocycles. The maximum atomic E-state index is 11.4. The van der Waals surface area contributed by atoms with Crippen molar-refractivity contribution < 1.29 is 4.79 Å². The van der Waals surface area contributed by atoms with E-state index < -0.39 is 0 Å². The lowest BCUT2D eigenvalue weighted by Gasteiger charge is -2.35. The van der Waals surface area contributed by atoms with Crippen LogP contribution in [0.3, 0.4) is 0 Å². The molecule has 3 rings (SSSR count). The van der Waals surface area contributed by atoms with Gasteiger partial charge in [0, 0.05) is 38.8 Å². The Hall–Kier alpha value is -2.36. The van der Waals surface area contributed by atoms with Crippen molar-refractivity contribution in [3.8, 4) is 0 Å². The van der Waals surface area contributed by atoms with Crippen LogP contribution in [0.2, 0.25) is 0 Å². The molecule has 0 unspecified atom stereocenters. The standard InChI is InChI=1S/C21H26N3O/c1-3-18-4-6-19(7-5-18)8-9-20-10-11-21(16-22-20)24-14-12-23(13-15-24)17(2)25/h3-7,10-11,16H,8-9,12-15H2,1-2H3. The van der Waals surface area contributed by atoms with Crippen LogP contribution in [-0.4, -0.2) is 42.0 Å². The number of pyridine rings is 1. The second-order valence-corrected chi connectivity index (χ2v) is 6.53. The first-order valence-corrected chi connectivity index (χ1v) is 8.99. The van der Waals surface area contributed by atoms with Crippen molar-refractivity contribution in [3.63, 3.8) is 0 Å². The van der Waals surface area contributed by atoms with Gasteiger partial charge in [-0.2, -0.15) is 0 Å². The number of nitrogens with zero attached hydrogens (tertiary/aromatic N) is 3. The molecule has 4 heteroatoms. The fourth-order valence-corrected chi connectivity index (χ4v) is 3.18. The Morgan fingerprint density at radius 1 is 1.04 bits per heavy atom. The van der Waals surface area contributed by atoms with E-state index >= 15 is 0 Å². The van der Waals surface area contributed by atoms with E-state index in [9.17, 15) is 4.79 Å². The maximum Gasteiger partial charge on any atom is 0.219 e. The third kappa shape index (κ3) is 4.59. The molecule has 131 valence electrons. The van der Waals surface area contributed by atoms with Crippen LogP contribution in [0.15, 0.2) is 42.6 Å². The van der Waals surface area contributed by atoms with Crippen LogP contribution in [0.25, 0.3) is 0 Å². The molecule has 25 heavy (non-hydrogen) atoms. The lowest BCUT2D eigenvalue weighted by Crippen LogP contribution is -2.48. The summed E-state index contributed by atoms with van der Waals surface area (Å²) < 4.78 is 0. The summed E-state index contributed by atoms with van der Waals surface area (Å²) in [6.45, 7) is 7.04. The SMILES string of the molecule is C[CH]c1ccc(CCc2ccc(N3CCN(C(C)=O)CC3)cn2)cc1. The van der Waals surface area contributed by atoms with Crippen LogP contribution in [-0.2, 0) is 17.6 Å². The Morgan fingerprint density at radius 2 is 1.76 bits per heavy atom. The molecule has 1 radical (unpaired) electrons. The van der Waals surface area contributed by atoms with Gasteiger partial charge in [-0.05, 0) is 42.5 Å². The molecule has 0 bridgehead atoms. The van der Waals surface area contributed by atoms with Crippen LogP contribution >= 0.6 is 0 Å². The molecule has 1 aromatic carbocycles. The summed E-state index contributed by atoms with van der Waals surface area (Å²) in [4.78, 5) is 20.2. The Balaban J connectivity index is 1.52. The molecule has 2 heterocycles. The Labute approximate surface area is 150 Å². The van der Waals surface area contributed by atoms with E-state index in [0.717, 1.165) is 50.4 Å². The number of anilines is 1. The van der Waals surface area contributed by atoms with E-state index in [-0.39, 0.29) is 5.91 Å². The number of carbonyl (C=O) groups is 1. The highest BCUT2D eigenvalue weighted by Crippen LogP contribution is 2.17. The van der Waals surface area contributed by atoms with Gasteiger partial charge in [0.2, 0.25) is 5.91 Å². The van der Waals surface area contributed by atoms with Crippen molar-refractivity contribution in [2.75, 3.05) is 31.1 Å². The minimum atomic E-state index is 0.165. The highest BCUT2D eigenvalue weighted by atomic mass is 16.2. The van der Waals surface area contributed by atoms with Crippen molar-refractivity contribution in [1.82, 2.24) is 9.88 Å². The zero-order chi connectivity index (χ0) is 17.6. The molecule has 1 aromatic heterocycles. The fraction of sp³-hybridized carbons (Fsp3) is 0.381. The topological polar surface area (TPSA) is 36.4 Å². The lowest BCUT2D eigenvalue weighted by molar-refractivity contribution is -0.129. The summed E-state index contributed by atoms with van der Waals surface area (Å²) in [5.41, 5.74) is 4.87. The molecule has 4 nitrogen and oxygen atoms in total. The van der Waals surface area contributed by atoms with E-state index in [0.29, 0.717) is 0 Å². The number of amides is 1. The van der Waals surface area contributed by atoms with Crippen molar-refractivity contribution >= 4 is 11.6 Å². The normalized spacial score (nSPS) is 14.6. The second kappa shape index (κ2) is 8.15. The first-order chi connectivity index (χ1) is 12.2. The summed E-state index contributed by atoms with van der Waals surface area (Å²) in [5.74, 6) is 0.165. The predicted octanol–water partition coefficient (Wildman–Crippen LogP) is 3.11. The summed E-state index contributed by atoms with van der Waals surface area (Å²) in [5, 5.41) is 0. The number of hydrogen-bond acceptors (Lipinski definition) is 3. The Morgan fingerprint density at radius 3 is 2.32 bits per heavy atom. The molecule has 1 fully saturated rings. The number of piperazine rings is 1. The number of hydrogen-bond donors (Lipinski definition) is 0. The zero-order valence-electron chi connectivity index (χ0n) is 15.1. The van der Waals surface area contributed by atoms with Gasteiger partial charge in [0.05, 0.1) is 11.9 Å². The first kappa shape index (κ1) is 17.5. The van der Waals surface area contributed by atoms with E-state index in [1.165, 1.54) is 11.1 Å². The van der Waals surface area contributed by atoms with E-state index in [2.05, 4.69) is 59.6 Å². The molecular weight excluding hydrogens is 310 g/mol. The summed E-state index contributed by atoms with van der Waals surface area (Å²) in [7, 11) is 0. The molecule has 1 aliphatic rings. The molecule has 1 saturated heterocycles. The summed E-state index contributed by atoms with van der Waals surface area (Å²) in [6, 6.07) is 13.0. The maximum absolute atomic E-state index is 11.4. The average molecular weight is 336 g/mol. The van der Waals surface area contributed by atoms with Crippen LogP contribution in [0.5, 0.6) is 0 Å². The molecule has 0 saturated carbocycles. The van der Waals surface area contributed by atoms with Crippen LogP contribution in [0, 0.1) is 6.42 Å². The van der Waals surface area contributed by atoms with Crippen LogP contribution < -0.4 is 4.90 Å². The summed E-state index contributed by atoms with van der Waals surface area (Å²) in [6.07, 6.45) is 6.04. The zero-order valence-corrected chi connectivity index (χ0v) is 15.1. The van der Waals surface area contributed by atoms with Crippen molar-refractivity contribution in [2.24, 2.45) is 0 Å². The Kier molecular flexibility index (Phi) is 5.69. The molecular formula is C21H26N3O. The third-order valence-electron chi connectivity index (χ3n) is 4.88. The van der Waals surface area contributed by atoms with Crippen molar-refractivity contribution in [2.45, 2.75) is 26.7 Å². The summed E-state index contributed by atoms with van der Waals surface area (Å²) >= 11 is 0. The van der Waals surface area contributed by atoms with Gasteiger partial charge in [-0.25, -0.2) is 0 Å². The fourth-order valence-electron chi connectivity index (χ4n) is 3.18. The lowest BCUT2D eigenvalue weighted by atomic mass is 10.0. The van der Waals surface area contributed by atoms with Gasteiger partial charge < -0.3 is 9.80 Å².